The molecule has 0 aliphatic carbocycles. The van der Waals surface area contributed by atoms with Gasteiger partial charge in [0.2, 0.25) is 5.91 Å². The molecule has 0 fully saturated rings. The Morgan fingerprint density at radius 1 is 1.09 bits per heavy atom. The Morgan fingerprint density at radius 3 is 2.69 bits per heavy atom. The number of aromatic amines is 1. The average molecular weight is 454 g/mol. The zero-order valence-electron chi connectivity index (χ0n) is 17.5. The minimum Gasteiger partial charge on any atom is -0.487 e. The summed E-state index contributed by atoms with van der Waals surface area (Å²) in [5, 5.41) is 3.04. The third-order valence-corrected chi connectivity index (χ3v) is 4.94. The predicted molar refractivity (Wildman–Crippen MR) is 122 cm³/mol. The summed E-state index contributed by atoms with van der Waals surface area (Å²) in [7, 11) is 0. The number of nitrogens with one attached hydrogen (secondary N) is 2. The lowest BCUT2D eigenvalue weighted by atomic mass is 10.2. The van der Waals surface area contributed by atoms with Crippen molar-refractivity contribution in [2.75, 3.05) is 17.7 Å². The van der Waals surface area contributed by atoms with Crippen LogP contribution in [0.5, 0.6) is 5.75 Å². The Labute approximate surface area is 189 Å². The highest BCUT2D eigenvalue weighted by Crippen LogP contribution is 2.16. The molecule has 0 atom stereocenters. The summed E-state index contributed by atoms with van der Waals surface area (Å²) in [5.74, 6) is -0.0449. The molecule has 3 aromatic rings. The monoisotopic (exact) mass is 453 g/mol. The van der Waals surface area contributed by atoms with Crippen molar-refractivity contribution in [3.05, 3.63) is 82.3 Å². The number of nitrogens with zero attached hydrogens (tertiary/aromatic N) is 1. The molecule has 166 valence electrons. The molecule has 2 aromatic carbocycles. The second kappa shape index (κ2) is 11.7. The van der Waals surface area contributed by atoms with Crippen LogP contribution in [-0.4, -0.2) is 34.2 Å². The van der Waals surface area contributed by atoms with E-state index in [1.807, 2.05) is 37.3 Å². The summed E-state index contributed by atoms with van der Waals surface area (Å²) >= 11 is 1.09. The number of anilines is 1. The highest BCUT2D eigenvalue weighted by Gasteiger charge is 2.11. The number of ether oxygens (including phenoxy) is 2. The van der Waals surface area contributed by atoms with E-state index in [-0.39, 0.29) is 23.8 Å². The largest absolute Gasteiger partial charge is 0.487 e. The molecule has 1 amide bonds. The number of H-pyrrole nitrogens is 1. The van der Waals surface area contributed by atoms with Crippen molar-refractivity contribution in [3.63, 3.8) is 0 Å². The maximum atomic E-state index is 12.3. The Morgan fingerprint density at radius 2 is 1.91 bits per heavy atom. The average Bonchev–Trinajstić information content (AvgIpc) is 2.80. The number of carbonyl (C=O) groups is 2. The highest BCUT2D eigenvalue weighted by atomic mass is 32.2. The highest BCUT2D eigenvalue weighted by molar-refractivity contribution is 7.99. The van der Waals surface area contributed by atoms with Crippen LogP contribution in [0.25, 0.3) is 0 Å². The Kier molecular flexibility index (Phi) is 8.44. The van der Waals surface area contributed by atoms with E-state index in [2.05, 4.69) is 15.3 Å². The van der Waals surface area contributed by atoms with E-state index < -0.39 is 5.97 Å². The molecule has 0 spiro atoms. The second-order valence-corrected chi connectivity index (χ2v) is 7.66. The fourth-order valence-electron chi connectivity index (χ4n) is 2.63. The van der Waals surface area contributed by atoms with Gasteiger partial charge in [-0.05, 0) is 36.8 Å². The summed E-state index contributed by atoms with van der Waals surface area (Å²) in [6, 6.07) is 17.1. The van der Waals surface area contributed by atoms with Gasteiger partial charge in [-0.25, -0.2) is 9.78 Å². The van der Waals surface area contributed by atoms with Gasteiger partial charge in [-0.1, -0.05) is 43.0 Å². The molecule has 0 aliphatic heterocycles. The summed E-state index contributed by atoms with van der Waals surface area (Å²) in [6.07, 6.45) is 0.731. The predicted octanol–water partition coefficient (Wildman–Crippen LogP) is 3.65. The number of para-hydroxylation sites is 1. The van der Waals surface area contributed by atoms with Crippen LogP contribution in [0.3, 0.4) is 0 Å². The van der Waals surface area contributed by atoms with Crippen LogP contribution >= 0.6 is 11.8 Å². The second-order valence-electron chi connectivity index (χ2n) is 6.70. The Bertz CT molecular complexity index is 1120. The maximum absolute atomic E-state index is 12.3. The van der Waals surface area contributed by atoms with Crippen molar-refractivity contribution in [3.8, 4) is 5.75 Å². The normalized spacial score (nSPS) is 10.4. The van der Waals surface area contributed by atoms with E-state index in [0.29, 0.717) is 34.5 Å². The maximum Gasteiger partial charge on any atom is 0.338 e. The van der Waals surface area contributed by atoms with E-state index in [4.69, 9.17) is 9.47 Å². The van der Waals surface area contributed by atoms with Crippen LogP contribution in [0.4, 0.5) is 5.69 Å². The Hall–Kier alpha value is -3.59. The molecule has 0 aliphatic rings. The van der Waals surface area contributed by atoms with E-state index in [9.17, 15) is 14.4 Å². The molecule has 2 N–H and O–H groups in total. The summed E-state index contributed by atoms with van der Waals surface area (Å²) < 4.78 is 10.7. The first-order chi connectivity index (χ1) is 15.5. The molecule has 0 saturated carbocycles. The van der Waals surface area contributed by atoms with E-state index in [0.717, 1.165) is 18.2 Å². The molecule has 0 unspecified atom stereocenters. The Balaban J connectivity index is 1.55. The van der Waals surface area contributed by atoms with E-state index in [1.54, 1.807) is 24.3 Å². The topological polar surface area (TPSA) is 110 Å². The van der Waals surface area contributed by atoms with Crippen LogP contribution in [-0.2, 0) is 16.1 Å². The lowest BCUT2D eigenvalue weighted by Crippen LogP contribution is -2.16. The number of rotatable bonds is 10. The molecular weight excluding hydrogens is 430 g/mol. The third kappa shape index (κ3) is 7.28. The molecule has 0 bridgehead atoms. The summed E-state index contributed by atoms with van der Waals surface area (Å²) in [5.41, 5.74) is 0.973. The van der Waals surface area contributed by atoms with E-state index >= 15 is 0 Å². The first kappa shape index (κ1) is 23.1. The van der Waals surface area contributed by atoms with E-state index in [1.165, 1.54) is 6.07 Å². The van der Waals surface area contributed by atoms with Gasteiger partial charge in [0.1, 0.15) is 12.4 Å². The lowest BCUT2D eigenvalue weighted by molar-refractivity contribution is -0.113. The number of thioether (sulfide) groups is 1. The van der Waals surface area contributed by atoms with Crippen LogP contribution in [0.2, 0.25) is 0 Å². The fraction of sp³-hybridized carbons (Fsp3) is 0.217. The number of benzene rings is 2. The number of esters is 1. The minimum atomic E-state index is -0.436. The smallest absolute Gasteiger partial charge is 0.338 e. The molecule has 32 heavy (non-hydrogen) atoms. The van der Waals surface area contributed by atoms with Crippen molar-refractivity contribution in [1.82, 2.24) is 9.97 Å². The van der Waals surface area contributed by atoms with Gasteiger partial charge in [-0.2, -0.15) is 0 Å². The van der Waals surface area contributed by atoms with Crippen molar-refractivity contribution in [2.45, 2.75) is 25.1 Å². The van der Waals surface area contributed by atoms with Gasteiger partial charge in [0.15, 0.2) is 5.16 Å². The van der Waals surface area contributed by atoms with Crippen molar-refractivity contribution in [2.24, 2.45) is 0 Å². The first-order valence-electron chi connectivity index (χ1n) is 10.0. The summed E-state index contributed by atoms with van der Waals surface area (Å²) in [6.45, 7) is 2.39. The van der Waals surface area contributed by atoms with Gasteiger partial charge in [0, 0.05) is 11.8 Å². The molecule has 3 rings (SSSR count). The molecule has 8 nitrogen and oxygen atoms in total. The molecule has 1 heterocycles. The quantitative estimate of drug-likeness (QED) is 0.274. The molecule has 0 radical (unpaired) electrons. The number of hydrogen-bond acceptors (Lipinski definition) is 7. The zero-order chi connectivity index (χ0) is 22.8. The van der Waals surface area contributed by atoms with Crippen LogP contribution in [0.15, 0.2) is 70.6 Å². The van der Waals surface area contributed by atoms with Gasteiger partial charge in [-0.3, -0.25) is 9.59 Å². The minimum absolute atomic E-state index is 0.0243. The van der Waals surface area contributed by atoms with Gasteiger partial charge in [0.25, 0.3) is 5.56 Å². The summed E-state index contributed by atoms with van der Waals surface area (Å²) in [4.78, 5) is 43.2. The van der Waals surface area contributed by atoms with Crippen LogP contribution in [0, 0.1) is 0 Å². The van der Waals surface area contributed by atoms with Crippen LogP contribution in [0.1, 0.15) is 29.4 Å². The van der Waals surface area contributed by atoms with Gasteiger partial charge in [-0.15, -0.1) is 0 Å². The number of aromatic nitrogens is 2. The van der Waals surface area contributed by atoms with Gasteiger partial charge in [0.05, 0.1) is 23.6 Å². The molecule has 9 heteroatoms. The van der Waals surface area contributed by atoms with Crippen molar-refractivity contribution >= 4 is 29.3 Å². The van der Waals surface area contributed by atoms with Crippen molar-refractivity contribution < 1.29 is 19.1 Å². The molecular formula is C23H23N3O5S. The van der Waals surface area contributed by atoms with Crippen LogP contribution < -0.4 is 15.6 Å². The van der Waals surface area contributed by atoms with Gasteiger partial charge >= 0.3 is 5.97 Å². The standard InChI is InChI=1S/C23H23N3O5S/c1-2-11-30-22(29)16-7-6-8-17(12-16)24-21(28)15-32-23-25-18(13-20(27)26-23)14-31-19-9-4-3-5-10-19/h3-10,12-13H,2,11,14-15H2,1H3,(H,24,28)(H,25,26,27). The zero-order valence-corrected chi connectivity index (χ0v) is 18.3. The first-order valence-corrected chi connectivity index (χ1v) is 11.0. The lowest BCUT2D eigenvalue weighted by Gasteiger charge is -2.08. The van der Waals surface area contributed by atoms with Gasteiger partial charge < -0.3 is 19.8 Å². The molecule has 1 aromatic heterocycles. The third-order valence-electron chi connectivity index (χ3n) is 4.06. The SMILES string of the molecule is CCCOC(=O)c1cccc(NC(=O)CSc2nc(COc3ccccc3)cc(=O)[nH]2)c1. The number of carbonyl (C=O) groups excluding carboxylic acids is 2. The fourth-order valence-corrected chi connectivity index (χ4v) is 3.33. The number of hydrogen-bond donors (Lipinski definition) is 2. The number of amides is 1. The van der Waals surface area contributed by atoms with Crippen molar-refractivity contribution in [1.29, 1.82) is 0 Å². The molecule has 0 saturated heterocycles.